The van der Waals surface area contributed by atoms with Crippen molar-refractivity contribution in [3.63, 3.8) is 0 Å². The van der Waals surface area contributed by atoms with Gasteiger partial charge < -0.3 is 15.0 Å². The van der Waals surface area contributed by atoms with Gasteiger partial charge >= 0.3 is 0 Å². The summed E-state index contributed by atoms with van der Waals surface area (Å²) in [6.45, 7) is 2.10. The molecular weight excluding hydrogens is 330 g/mol. The Morgan fingerprint density at radius 3 is 2.60 bits per heavy atom. The van der Waals surface area contributed by atoms with Crippen molar-refractivity contribution < 1.29 is 23.1 Å². The van der Waals surface area contributed by atoms with E-state index < -0.39 is 13.0 Å². The molecule has 1 N–H and O–H groups in total. The number of carbonyl (C=O) groups excluding carboxylic acids is 2. The molecule has 144 valence electrons. The number of ether oxygens (including phenoxy) is 1. The van der Waals surface area contributed by atoms with Crippen molar-refractivity contribution in [3.05, 3.63) is 0 Å². The summed E-state index contributed by atoms with van der Waals surface area (Å²) in [5.41, 5.74) is 0. The third kappa shape index (κ3) is 6.53. The standard InChI is InChI=1S/C18H30F2N2O3/c1-13-7-8-22(17(23)12-25-11-16(19)20)15(9-13)10-21-18(24)14-5-3-2-4-6-14/h13-16H,2-12H2,1H3,(H,21,24)/t13-,15+/m1/s1. The van der Waals surface area contributed by atoms with Crippen molar-refractivity contribution in [1.29, 1.82) is 0 Å². The predicted octanol–water partition coefficient (Wildman–Crippen LogP) is 2.59. The van der Waals surface area contributed by atoms with Crippen LogP contribution in [0.25, 0.3) is 0 Å². The minimum absolute atomic E-state index is 0.0827. The monoisotopic (exact) mass is 360 g/mol. The fraction of sp³-hybridized carbons (Fsp3) is 0.889. The van der Waals surface area contributed by atoms with Gasteiger partial charge in [-0.25, -0.2) is 8.78 Å². The summed E-state index contributed by atoms with van der Waals surface area (Å²) in [7, 11) is 0. The van der Waals surface area contributed by atoms with Gasteiger partial charge in [0.2, 0.25) is 11.8 Å². The summed E-state index contributed by atoms with van der Waals surface area (Å²) < 4.78 is 29.1. The van der Waals surface area contributed by atoms with Gasteiger partial charge in [-0.2, -0.15) is 0 Å². The third-order valence-corrected chi connectivity index (χ3v) is 5.26. The fourth-order valence-corrected chi connectivity index (χ4v) is 3.82. The van der Waals surface area contributed by atoms with E-state index >= 15 is 0 Å². The van der Waals surface area contributed by atoms with Crippen LogP contribution in [0.15, 0.2) is 0 Å². The summed E-state index contributed by atoms with van der Waals surface area (Å²) >= 11 is 0. The van der Waals surface area contributed by atoms with Crippen LogP contribution in [0.3, 0.4) is 0 Å². The predicted molar refractivity (Wildman–Crippen MR) is 90.3 cm³/mol. The Morgan fingerprint density at radius 1 is 1.20 bits per heavy atom. The van der Waals surface area contributed by atoms with Crippen LogP contribution in [0.1, 0.15) is 51.9 Å². The van der Waals surface area contributed by atoms with Crippen molar-refractivity contribution in [1.82, 2.24) is 10.2 Å². The fourth-order valence-electron chi connectivity index (χ4n) is 3.82. The van der Waals surface area contributed by atoms with Gasteiger partial charge in [0, 0.05) is 25.0 Å². The van der Waals surface area contributed by atoms with Gasteiger partial charge in [0.05, 0.1) is 0 Å². The van der Waals surface area contributed by atoms with Gasteiger partial charge in [-0.1, -0.05) is 26.2 Å². The van der Waals surface area contributed by atoms with E-state index in [4.69, 9.17) is 4.74 Å². The number of likely N-dealkylation sites (tertiary alicyclic amines) is 1. The van der Waals surface area contributed by atoms with Crippen LogP contribution in [0.5, 0.6) is 0 Å². The first-order valence-electron chi connectivity index (χ1n) is 9.40. The van der Waals surface area contributed by atoms with Gasteiger partial charge in [-0.3, -0.25) is 9.59 Å². The lowest BCUT2D eigenvalue weighted by atomic mass is 9.88. The van der Waals surface area contributed by atoms with E-state index in [0.29, 0.717) is 19.0 Å². The van der Waals surface area contributed by atoms with Crippen molar-refractivity contribution in [2.45, 2.75) is 64.3 Å². The molecule has 0 aromatic heterocycles. The number of piperidine rings is 1. The Morgan fingerprint density at radius 2 is 1.92 bits per heavy atom. The van der Waals surface area contributed by atoms with Gasteiger partial charge in [-0.15, -0.1) is 0 Å². The zero-order valence-electron chi connectivity index (χ0n) is 15.0. The number of carbonyl (C=O) groups is 2. The summed E-state index contributed by atoms with van der Waals surface area (Å²) in [6.07, 6.45) is 4.41. The van der Waals surface area contributed by atoms with E-state index in [1.165, 1.54) is 6.42 Å². The minimum Gasteiger partial charge on any atom is -0.366 e. The molecule has 1 saturated carbocycles. The minimum atomic E-state index is -2.57. The maximum atomic E-state index is 12.3. The van der Waals surface area contributed by atoms with Crippen molar-refractivity contribution in [2.24, 2.45) is 11.8 Å². The zero-order valence-corrected chi connectivity index (χ0v) is 15.0. The third-order valence-electron chi connectivity index (χ3n) is 5.26. The summed E-state index contributed by atoms with van der Waals surface area (Å²) in [5.74, 6) is 0.375. The highest BCUT2D eigenvalue weighted by Crippen LogP contribution is 2.25. The Bertz CT molecular complexity index is 442. The summed E-state index contributed by atoms with van der Waals surface area (Å²) in [4.78, 5) is 26.3. The number of amides is 2. The van der Waals surface area contributed by atoms with Gasteiger partial charge in [0.1, 0.15) is 13.2 Å². The lowest BCUT2D eigenvalue weighted by molar-refractivity contribution is -0.142. The molecule has 1 heterocycles. The highest BCUT2D eigenvalue weighted by molar-refractivity contribution is 5.79. The Hall–Kier alpha value is -1.24. The molecule has 25 heavy (non-hydrogen) atoms. The molecule has 1 saturated heterocycles. The number of alkyl halides is 2. The quantitative estimate of drug-likeness (QED) is 0.759. The number of nitrogens with one attached hydrogen (secondary N) is 1. The normalized spacial score (nSPS) is 25.2. The molecule has 0 aromatic carbocycles. The van der Waals surface area contributed by atoms with Crippen LogP contribution in [-0.4, -0.2) is 55.5 Å². The Kier molecular flexibility index (Phi) is 8.06. The lowest BCUT2D eigenvalue weighted by Gasteiger charge is -2.39. The van der Waals surface area contributed by atoms with Crippen LogP contribution in [0.2, 0.25) is 0 Å². The molecule has 2 atom stereocenters. The van der Waals surface area contributed by atoms with Gasteiger partial charge in [0.15, 0.2) is 0 Å². The molecule has 0 radical (unpaired) electrons. The number of nitrogens with zero attached hydrogens (tertiary/aromatic N) is 1. The van der Waals surface area contributed by atoms with Crippen LogP contribution < -0.4 is 5.32 Å². The molecule has 5 nitrogen and oxygen atoms in total. The van der Waals surface area contributed by atoms with E-state index in [-0.39, 0.29) is 30.4 Å². The Labute approximate surface area is 148 Å². The molecule has 1 aliphatic carbocycles. The maximum absolute atomic E-state index is 12.3. The first-order valence-corrected chi connectivity index (χ1v) is 9.40. The van der Waals surface area contributed by atoms with Gasteiger partial charge in [-0.05, 0) is 31.6 Å². The van der Waals surface area contributed by atoms with E-state index in [0.717, 1.165) is 38.5 Å². The van der Waals surface area contributed by atoms with Crippen LogP contribution in [0, 0.1) is 11.8 Å². The van der Waals surface area contributed by atoms with Crippen LogP contribution in [0.4, 0.5) is 8.78 Å². The van der Waals surface area contributed by atoms with Crippen molar-refractivity contribution in [3.8, 4) is 0 Å². The second kappa shape index (κ2) is 10.0. The average molecular weight is 360 g/mol. The number of rotatable bonds is 7. The van der Waals surface area contributed by atoms with E-state index in [1.54, 1.807) is 4.90 Å². The molecule has 0 spiro atoms. The molecule has 0 bridgehead atoms. The van der Waals surface area contributed by atoms with Gasteiger partial charge in [0.25, 0.3) is 6.43 Å². The summed E-state index contributed by atoms with van der Waals surface area (Å²) in [6, 6.07) is -0.0843. The first-order chi connectivity index (χ1) is 12.0. The molecule has 7 heteroatoms. The highest BCUT2D eigenvalue weighted by Gasteiger charge is 2.31. The second-order valence-electron chi connectivity index (χ2n) is 7.36. The molecule has 2 aliphatic rings. The Balaban J connectivity index is 1.83. The van der Waals surface area contributed by atoms with E-state index in [9.17, 15) is 18.4 Å². The zero-order chi connectivity index (χ0) is 18.2. The van der Waals surface area contributed by atoms with Crippen LogP contribution in [-0.2, 0) is 14.3 Å². The molecule has 0 aromatic rings. The molecule has 2 fully saturated rings. The second-order valence-corrected chi connectivity index (χ2v) is 7.36. The molecule has 2 amide bonds. The first kappa shape index (κ1) is 20.1. The lowest BCUT2D eigenvalue weighted by Crippen LogP contribution is -2.52. The summed E-state index contributed by atoms with van der Waals surface area (Å²) in [5, 5.41) is 3.01. The van der Waals surface area contributed by atoms with Crippen molar-refractivity contribution >= 4 is 11.8 Å². The largest absolute Gasteiger partial charge is 0.366 e. The van der Waals surface area contributed by atoms with Crippen molar-refractivity contribution in [2.75, 3.05) is 26.3 Å². The maximum Gasteiger partial charge on any atom is 0.261 e. The SMILES string of the molecule is C[C@@H]1CCN(C(=O)COCC(F)F)[C@H](CNC(=O)C2CCCCC2)C1. The average Bonchev–Trinajstić information content (AvgIpc) is 2.60. The smallest absolute Gasteiger partial charge is 0.261 e. The number of halogens is 2. The highest BCUT2D eigenvalue weighted by atomic mass is 19.3. The molecular formula is C18H30F2N2O3. The molecule has 0 unspecified atom stereocenters. The molecule has 1 aliphatic heterocycles. The van der Waals surface area contributed by atoms with Crippen LogP contribution >= 0.6 is 0 Å². The topological polar surface area (TPSA) is 58.6 Å². The molecule has 2 rings (SSSR count). The number of hydrogen-bond acceptors (Lipinski definition) is 3. The van der Waals surface area contributed by atoms with E-state index in [2.05, 4.69) is 12.2 Å². The van der Waals surface area contributed by atoms with E-state index in [1.807, 2.05) is 0 Å². The number of hydrogen-bond donors (Lipinski definition) is 1.